The highest BCUT2D eigenvalue weighted by Gasteiger charge is 2.30. The molecule has 2 unspecified atom stereocenters. The summed E-state index contributed by atoms with van der Waals surface area (Å²) in [4.78, 5) is 72.5. The Kier molecular flexibility index (Phi) is 63.7. The van der Waals surface area contributed by atoms with Crippen LogP contribution in [0.1, 0.15) is 375 Å². The number of rotatable bonds is 72. The minimum atomic E-state index is -4.95. The van der Waals surface area contributed by atoms with Gasteiger partial charge in [-0.2, -0.15) is 0 Å². The minimum Gasteiger partial charge on any atom is -0.462 e. The molecule has 0 rings (SSSR count). The molecule has 0 saturated carbocycles. The molecule has 0 saturated heterocycles. The van der Waals surface area contributed by atoms with E-state index in [1.54, 1.807) is 0 Å². The van der Waals surface area contributed by atoms with Gasteiger partial charge in [-0.1, -0.05) is 324 Å². The number of ether oxygens (including phenoxy) is 4. The van der Waals surface area contributed by atoms with E-state index in [2.05, 4.69) is 41.5 Å². The molecular formula is C73H142O17P2. The van der Waals surface area contributed by atoms with E-state index >= 15 is 0 Å². The van der Waals surface area contributed by atoms with Gasteiger partial charge in [0.15, 0.2) is 12.2 Å². The third-order valence-corrected chi connectivity index (χ3v) is 18.9. The molecule has 19 heteroatoms. The first kappa shape index (κ1) is 90.1. The molecule has 0 radical (unpaired) electrons. The fourth-order valence-electron chi connectivity index (χ4n) is 11.1. The normalized spacial score (nSPS) is 14.1. The summed E-state index contributed by atoms with van der Waals surface area (Å²) in [7, 11) is -9.90. The molecule has 0 aliphatic rings. The van der Waals surface area contributed by atoms with E-state index in [9.17, 15) is 43.2 Å². The molecule has 5 atom stereocenters. The Morgan fingerprint density at radius 1 is 0.293 bits per heavy atom. The number of esters is 4. The molecule has 546 valence electrons. The lowest BCUT2D eigenvalue weighted by molar-refractivity contribution is -0.161. The van der Waals surface area contributed by atoms with Crippen LogP contribution in [-0.2, 0) is 65.4 Å². The molecule has 0 spiro atoms. The number of phosphoric ester groups is 2. The second-order valence-electron chi connectivity index (χ2n) is 27.3. The predicted molar refractivity (Wildman–Crippen MR) is 372 cm³/mol. The summed E-state index contributed by atoms with van der Waals surface area (Å²) in [5, 5.41) is 10.6. The van der Waals surface area contributed by atoms with Crippen LogP contribution in [-0.4, -0.2) is 96.7 Å². The highest BCUT2D eigenvalue weighted by Crippen LogP contribution is 2.45. The monoisotopic (exact) mass is 1350 g/mol. The molecular weight excluding hydrogens is 1210 g/mol. The van der Waals surface area contributed by atoms with Gasteiger partial charge in [0.25, 0.3) is 0 Å². The summed E-state index contributed by atoms with van der Waals surface area (Å²) in [5.41, 5.74) is 0. The van der Waals surface area contributed by atoms with E-state index in [1.165, 1.54) is 180 Å². The predicted octanol–water partition coefficient (Wildman–Crippen LogP) is 21.2. The van der Waals surface area contributed by atoms with Gasteiger partial charge < -0.3 is 33.8 Å². The van der Waals surface area contributed by atoms with Crippen LogP contribution in [0.5, 0.6) is 0 Å². The van der Waals surface area contributed by atoms with Crippen LogP contribution < -0.4 is 0 Å². The molecule has 17 nitrogen and oxygen atoms in total. The molecule has 0 aliphatic carbocycles. The lowest BCUT2D eigenvalue weighted by Crippen LogP contribution is -2.30. The van der Waals surface area contributed by atoms with Gasteiger partial charge in [0.1, 0.15) is 19.3 Å². The van der Waals surface area contributed by atoms with Crippen molar-refractivity contribution < 1.29 is 80.2 Å². The van der Waals surface area contributed by atoms with Crippen molar-refractivity contribution in [3.05, 3.63) is 0 Å². The summed E-state index contributed by atoms with van der Waals surface area (Å²) in [6, 6.07) is 0. The van der Waals surface area contributed by atoms with Gasteiger partial charge >= 0.3 is 39.5 Å². The maximum absolute atomic E-state index is 13.0. The Bertz CT molecular complexity index is 1790. The highest BCUT2D eigenvalue weighted by atomic mass is 31.2. The van der Waals surface area contributed by atoms with Crippen LogP contribution in [0.25, 0.3) is 0 Å². The second kappa shape index (κ2) is 65.0. The smallest absolute Gasteiger partial charge is 0.462 e. The van der Waals surface area contributed by atoms with E-state index < -0.39 is 97.5 Å². The van der Waals surface area contributed by atoms with Crippen LogP contribution in [0.15, 0.2) is 0 Å². The van der Waals surface area contributed by atoms with Crippen molar-refractivity contribution in [1.82, 2.24) is 0 Å². The van der Waals surface area contributed by atoms with Gasteiger partial charge in [0, 0.05) is 25.7 Å². The summed E-state index contributed by atoms with van der Waals surface area (Å²) in [5.74, 6) is -0.631. The largest absolute Gasteiger partial charge is 0.472 e. The molecule has 0 aromatic carbocycles. The van der Waals surface area contributed by atoms with Crippen LogP contribution in [0, 0.1) is 11.8 Å². The van der Waals surface area contributed by atoms with Gasteiger partial charge in [0.05, 0.1) is 26.4 Å². The molecule has 0 amide bonds. The zero-order chi connectivity index (χ0) is 67.9. The average molecular weight is 1350 g/mol. The Morgan fingerprint density at radius 3 is 0.739 bits per heavy atom. The van der Waals surface area contributed by atoms with Crippen molar-refractivity contribution in [3.63, 3.8) is 0 Å². The topological polar surface area (TPSA) is 237 Å². The standard InChI is InChI=1S/C73H142O17P2/c1-7-9-11-13-15-16-17-18-19-20-21-22-23-24-25-26-33-39-45-51-57-72(77)90-69(62-84-71(76)56-50-44-38-32-28-27-30-36-41-47-53-65(3)4)64-88-92(81,82)86-60-67(74)59-85-91(79,80)87-63-68(61-83-70(75)55-49-43-35-14-12-10-8-2)89-73(78)58-52-46-40-34-29-31-37-42-48-54-66(5)6/h65-69,74H,7-64H2,1-6H3,(H,79,80)(H,81,82)/t67-,68+,69+/m0/s1. The summed E-state index contributed by atoms with van der Waals surface area (Å²) in [6.07, 6.45) is 51.6. The zero-order valence-electron chi connectivity index (χ0n) is 59.9. The van der Waals surface area contributed by atoms with Gasteiger partial charge in [-0.3, -0.25) is 37.3 Å². The summed E-state index contributed by atoms with van der Waals surface area (Å²) in [6.45, 7) is 9.50. The number of phosphoric acid groups is 2. The molecule has 0 bridgehead atoms. The minimum absolute atomic E-state index is 0.105. The highest BCUT2D eigenvalue weighted by molar-refractivity contribution is 7.47. The maximum atomic E-state index is 13.0. The Labute approximate surface area is 562 Å². The molecule has 0 aromatic rings. The third kappa shape index (κ3) is 66.7. The van der Waals surface area contributed by atoms with E-state index in [1.807, 2.05) is 0 Å². The number of aliphatic hydroxyl groups excluding tert-OH is 1. The van der Waals surface area contributed by atoms with E-state index in [0.29, 0.717) is 25.7 Å². The zero-order valence-corrected chi connectivity index (χ0v) is 61.6. The van der Waals surface area contributed by atoms with E-state index in [-0.39, 0.29) is 25.7 Å². The fraction of sp³-hybridized carbons (Fsp3) is 0.945. The van der Waals surface area contributed by atoms with Crippen molar-refractivity contribution in [2.75, 3.05) is 39.6 Å². The van der Waals surface area contributed by atoms with Crippen LogP contribution in [0.3, 0.4) is 0 Å². The van der Waals surface area contributed by atoms with Gasteiger partial charge in [-0.25, -0.2) is 9.13 Å². The van der Waals surface area contributed by atoms with E-state index in [4.69, 9.17) is 37.0 Å². The van der Waals surface area contributed by atoms with E-state index in [0.717, 1.165) is 115 Å². The van der Waals surface area contributed by atoms with Crippen molar-refractivity contribution in [3.8, 4) is 0 Å². The lowest BCUT2D eigenvalue weighted by Gasteiger charge is -2.21. The molecule has 3 N–H and O–H groups in total. The number of hydrogen-bond donors (Lipinski definition) is 3. The van der Waals surface area contributed by atoms with Crippen molar-refractivity contribution >= 4 is 39.5 Å². The van der Waals surface area contributed by atoms with Crippen LogP contribution >= 0.6 is 15.6 Å². The Morgan fingerprint density at radius 2 is 0.500 bits per heavy atom. The third-order valence-electron chi connectivity index (χ3n) is 17.0. The fourth-order valence-corrected chi connectivity index (χ4v) is 12.7. The first-order valence-corrected chi connectivity index (χ1v) is 41.0. The van der Waals surface area contributed by atoms with Crippen molar-refractivity contribution in [2.45, 2.75) is 394 Å². The number of carbonyl (C=O) groups is 4. The van der Waals surface area contributed by atoms with Crippen LogP contribution in [0.4, 0.5) is 0 Å². The molecule has 0 fully saturated rings. The molecule has 0 aromatic heterocycles. The first-order valence-electron chi connectivity index (χ1n) is 38.0. The summed E-state index contributed by atoms with van der Waals surface area (Å²) < 4.78 is 68.3. The molecule has 0 aliphatic heterocycles. The number of aliphatic hydroxyl groups is 1. The average Bonchev–Trinajstić information content (AvgIpc) is 1.97. The Balaban J connectivity index is 5.17. The van der Waals surface area contributed by atoms with Gasteiger partial charge in [-0.05, 0) is 37.5 Å². The Hall–Kier alpha value is -1.94. The van der Waals surface area contributed by atoms with Crippen LogP contribution in [0.2, 0.25) is 0 Å². The van der Waals surface area contributed by atoms with Gasteiger partial charge in [-0.15, -0.1) is 0 Å². The van der Waals surface area contributed by atoms with Crippen molar-refractivity contribution in [1.29, 1.82) is 0 Å². The molecule has 92 heavy (non-hydrogen) atoms. The van der Waals surface area contributed by atoms with Gasteiger partial charge in [0.2, 0.25) is 0 Å². The maximum Gasteiger partial charge on any atom is 0.472 e. The number of unbranched alkanes of at least 4 members (excludes halogenated alkanes) is 42. The number of carbonyl (C=O) groups excluding carboxylic acids is 4. The quantitative estimate of drug-likeness (QED) is 0.0222. The number of hydrogen-bond acceptors (Lipinski definition) is 15. The molecule has 0 heterocycles. The SMILES string of the molecule is CCCCCCCCCCCCCCCCCCCCCCC(=O)O[C@H](COC(=O)CCCCCCCCCCCCC(C)C)COP(=O)(O)OC[C@@H](O)COP(=O)(O)OC[C@@H](COC(=O)CCCCCCCCC)OC(=O)CCCCCCCCCCCC(C)C. The van der Waals surface area contributed by atoms with Crippen molar-refractivity contribution in [2.24, 2.45) is 11.8 Å². The first-order chi connectivity index (χ1) is 44.4. The summed E-state index contributed by atoms with van der Waals surface area (Å²) >= 11 is 0. The second-order valence-corrected chi connectivity index (χ2v) is 30.2. The lowest BCUT2D eigenvalue weighted by atomic mass is 10.0.